The highest BCUT2D eigenvalue weighted by atomic mass is 16.5. The molecule has 1 atom stereocenters. The summed E-state index contributed by atoms with van der Waals surface area (Å²) in [6.45, 7) is 7.33. The molecule has 0 saturated heterocycles. The molecule has 76 valence electrons. The van der Waals surface area contributed by atoms with Crippen LogP contribution < -0.4 is 5.32 Å². The van der Waals surface area contributed by atoms with E-state index in [1.54, 1.807) is 0 Å². The Bertz CT molecular complexity index is 184. The maximum absolute atomic E-state index is 10.9. The standard InChI is InChI=1S/C9H17NO3/c1-7(12)8(10-6-11)5-13-9(2,3)4/h6,8H,5H2,1-4H3,(H,10,11). The SMILES string of the molecule is CC(=O)C(COC(C)(C)C)NC=O. The number of Topliss-reactive ketones (excluding diaryl/α,β-unsaturated/α-hetero) is 1. The van der Waals surface area contributed by atoms with Crippen LogP contribution in [0.3, 0.4) is 0 Å². The summed E-state index contributed by atoms with van der Waals surface area (Å²) in [7, 11) is 0. The molecular weight excluding hydrogens is 170 g/mol. The van der Waals surface area contributed by atoms with Crippen LogP contribution >= 0.6 is 0 Å². The van der Waals surface area contributed by atoms with Crippen LogP contribution in [-0.2, 0) is 14.3 Å². The highest BCUT2D eigenvalue weighted by Crippen LogP contribution is 2.07. The van der Waals surface area contributed by atoms with Crippen molar-refractivity contribution in [2.24, 2.45) is 0 Å². The van der Waals surface area contributed by atoms with Crippen LogP contribution in [0.5, 0.6) is 0 Å². The van der Waals surface area contributed by atoms with Crippen molar-refractivity contribution in [2.45, 2.75) is 39.3 Å². The molecule has 0 heterocycles. The first-order valence-electron chi connectivity index (χ1n) is 4.21. The Hall–Kier alpha value is -0.900. The van der Waals surface area contributed by atoms with E-state index in [-0.39, 0.29) is 18.0 Å². The summed E-state index contributed by atoms with van der Waals surface area (Å²) in [6.07, 6.45) is 0.512. The van der Waals surface area contributed by atoms with Crippen molar-refractivity contribution in [3.05, 3.63) is 0 Å². The number of ether oxygens (including phenoxy) is 1. The van der Waals surface area contributed by atoms with Crippen molar-refractivity contribution >= 4 is 12.2 Å². The average molecular weight is 187 g/mol. The van der Waals surface area contributed by atoms with Gasteiger partial charge in [-0.25, -0.2) is 0 Å². The molecule has 4 heteroatoms. The maximum Gasteiger partial charge on any atom is 0.207 e. The van der Waals surface area contributed by atoms with Crippen LogP contribution in [0.4, 0.5) is 0 Å². The van der Waals surface area contributed by atoms with Crippen LogP contribution in [0.1, 0.15) is 27.7 Å². The minimum Gasteiger partial charge on any atom is -0.373 e. The third-order valence-corrected chi connectivity index (χ3v) is 1.44. The molecular formula is C9H17NO3. The van der Waals surface area contributed by atoms with E-state index in [9.17, 15) is 9.59 Å². The summed E-state index contributed by atoms with van der Waals surface area (Å²) in [5.41, 5.74) is -0.293. The fourth-order valence-corrected chi connectivity index (χ4v) is 0.698. The Morgan fingerprint density at radius 2 is 2.08 bits per heavy atom. The van der Waals surface area contributed by atoms with Gasteiger partial charge in [-0.15, -0.1) is 0 Å². The molecule has 0 aliphatic rings. The molecule has 0 bridgehead atoms. The number of rotatable bonds is 5. The lowest BCUT2D eigenvalue weighted by Gasteiger charge is -2.22. The van der Waals surface area contributed by atoms with E-state index in [1.165, 1.54) is 6.92 Å². The molecule has 0 rings (SSSR count). The lowest BCUT2D eigenvalue weighted by molar-refractivity contribution is -0.125. The molecule has 0 aliphatic heterocycles. The first-order chi connectivity index (χ1) is 5.87. The molecule has 4 nitrogen and oxygen atoms in total. The Kier molecular flexibility index (Phi) is 4.62. The van der Waals surface area contributed by atoms with Crippen LogP contribution in [0.15, 0.2) is 0 Å². The van der Waals surface area contributed by atoms with Gasteiger partial charge in [0.1, 0.15) is 6.04 Å². The average Bonchev–Trinajstić information content (AvgIpc) is 1.95. The van der Waals surface area contributed by atoms with Gasteiger partial charge in [0.05, 0.1) is 12.2 Å². The van der Waals surface area contributed by atoms with Gasteiger partial charge in [0.25, 0.3) is 0 Å². The lowest BCUT2D eigenvalue weighted by atomic mass is 10.1. The molecule has 1 N–H and O–H groups in total. The molecule has 0 aliphatic carbocycles. The van der Waals surface area contributed by atoms with Crippen molar-refractivity contribution in [1.29, 1.82) is 0 Å². The number of amides is 1. The van der Waals surface area contributed by atoms with Crippen LogP contribution in [-0.4, -0.2) is 30.4 Å². The van der Waals surface area contributed by atoms with Gasteiger partial charge in [0.15, 0.2) is 5.78 Å². The number of carbonyl (C=O) groups excluding carboxylic acids is 2. The van der Waals surface area contributed by atoms with Crippen molar-refractivity contribution in [2.75, 3.05) is 6.61 Å². The van der Waals surface area contributed by atoms with Gasteiger partial charge >= 0.3 is 0 Å². The predicted molar refractivity (Wildman–Crippen MR) is 49.4 cm³/mol. The number of hydrogen-bond donors (Lipinski definition) is 1. The molecule has 0 radical (unpaired) electrons. The van der Waals surface area contributed by atoms with Crippen molar-refractivity contribution < 1.29 is 14.3 Å². The number of carbonyl (C=O) groups is 2. The van der Waals surface area contributed by atoms with E-state index in [1.807, 2.05) is 20.8 Å². The van der Waals surface area contributed by atoms with E-state index in [2.05, 4.69) is 5.32 Å². The quantitative estimate of drug-likeness (QED) is 0.638. The second-order valence-corrected chi connectivity index (χ2v) is 3.87. The van der Waals surface area contributed by atoms with E-state index in [0.717, 1.165) is 0 Å². The molecule has 0 saturated carbocycles. The molecule has 13 heavy (non-hydrogen) atoms. The van der Waals surface area contributed by atoms with Crippen LogP contribution in [0.2, 0.25) is 0 Å². The molecule has 0 spiro atoms. The summed E-state index contributed by atoms with van der Waals surface area (Å²) in [5, 5.41) is 2.40. The number of ketones is 1. The largest absolute Gasteiger partial charge is 0.373 e. The zero-order chi connectivity index (χ0) is 10.5. The van der Waals surface area contributed by atoms with Crippen molar-refractivity contribution in [3.63, 3.8) is 0 Å². The highest BCUT2D eigenvalue weighted by Gasteiger charge is 2.17. The van der Waals surface area contributed by atoms with Gasteiger partial charge in [-0.3, -0.25) is 9.59 Å². The summed E-state index contributed by atoms with van der Waals surface area (Å²) in [5.74, 6) is -0.101. The van der Waals surface area contributed by atoms with Crippen LogP contribution in [0, 0.1) is 0 Å². The van der Waals surface area contributed by atoms with Gasteiger partial charge in [0.2, 0.25) is 6.41 Å². The molecule has 0 aromatic heterocycles. The highest BCUT2D eigenvalue weighted by molar-refractivity contribution is 5.83. The van der Waals surface area contributed by atoms with E-state index in [4.69, 9.17) is 4.74 Å². The summed E-state index contributed by atoms with van der Waals surface area (Å²) >= 11 is 0. The maximum atomic E-state index is 10.9. The second kappa shape index (κ2) is 4.97. The Labute approximate surface area is 78.6 Å². The Morgan fingerprint density at radius 3 is 2.38 bits per heavy atom. The topological polar surface area (TPSA) is 55.4 Å². The molecule has 0 aromatic rings. The first kappa shape index (κ1) is 12.1. The molecule has 0 aromatic carbocycles. The van der Waals surface area contributed by atoms with Crippen molar-refractivity contribution in [3.8, 4) is 0 Å². The normalized spacial score (nSPS) is 13.5. The van der Waals surface area contributed by atoms with Gasteiger partial charge in [-0.1, -0.05) is 0 Å². The fraction of sp³-hybridized carbons (Fsp3) is 0.778. The summed E-state index contributed by atoms with van der Waals surface area (Å²) in [4.78, 5) is 21.1. The Balaban J connectivity index is 3.97. The van der Waals surface area contributed by atoms with E-state index < -0.39 is 6.04 Å². The Morgan fingerprint density at radius 1 is 1.54 bits per heavy atom. The van der Waals surface area contributed by atoms with Gasteiger partial charge in [-0.05, 0) is 27.7 Å². The van der Waals surface area contributed by atoms with Gasteiger partial charge < -0.3 is 10.1 Å². The molecule has 1 amide bonds. The molecule has 1 unspecified atom stereocenters. The smallest absolute Gasteiger partial charge is 0.207 e. The summed E-state index contributed by atoms with van der Waals surface area (Å²) < 4.78 is 5.36. The van der Waals surface area contributed by atoms with Gasteiger partial charge in [-0.2, -0.15) is 0 Å². The first-order valence-corrected chi connectivity index (χ1v) is 4.21. The van der Waals surface area contributed by atoms with E-state index in [0.29, 0.717) is 6.41 Å². The third-order valence-electron chi connectivity index (χ3n) is 1.44. The van der Waals surface area contributed by atoms with Gasteiger partial charge in [0, 0.05) is 0 Å². The van der Waals surface area contributed by atoms with E-state index >= 15 is 0 Å². The minimum absolute atomic E-state index is 0.101. The lowest BCUT2D eigenvalue weighted by Crippen LogP contribution is -2.40. The zero-order valence-corrected chi connectivity index (χ0v) is 8.59. The van der Waals surface area contributed by atoms with Crippen molar-refractivity contribution in [1.82, 2.24) is 5.32 Å². The fourth-order valence-electron chi connectivity index (χ4n) is 0.698. The number of hydrogen-bond acceptors (Lipinski definition) is 3. The summed E-state index contributed by atoms with van der Waals surface area (Å²) in [6, 6.07) is -0.531. The minimum atomic E-state index is -0.531. The predicted octanol–water partition coefficient (Wildman–Crippen LogP) is 0.505. The third kappa shape index (κ3) is 6.28. The second-order valence-electron chi connectivity index (χ2n) is 3.87. The molecule has 0 fully saturated rings. The zero-order valence-electron chi connectivity index (χ0n) is 8.59. The monoisotopic (exact) mass is 187 g/mol. The number of nitrogens with one attached hydrogen (secondary N) is 1. The van der Waals surface area contributed by atoms with Crippen LogP contribution in [0.25, 0.3) is 0 Å².